The Labute approximate surface area is 183 Å². The van der Waals surface area contributed by atoms with Crippen molar-refractivity contribution in [2.24, 2.45) is 5.92 Å². The van der Waals surface area contributed by atoms with E-state index in [9.17, 15) is 9.59 Å². The van der Waals surface area contributed by atoms with E-state index in [0.717, 1.165) is 36.1 Å². The third kappa shape index (κ3) is 3.79. The first-order valence-electron chi connectivity index (χ1n) is 9.88. The van der Waals surface area contributed by atoms with E-state index in [1.54, 1.807) is 24.3 Å². The molecule has 5 rings (SSSR count). The highest BCUT2D eigenvalue weighted by Crippen LogP contribution is 2.36. The number of likely N-dealkylation sites (tertiary alicyclic amines) is 1. The number of rotatable bonds is 3. The molecule has 1 aromatic heterocycles. The lowest BCUT2D eigenvalue weighted by molar-refractivity contribution is -0.113. The molecular formula is C21H21N3O4S2. The van der Waals surface area contributed by atoms with Gasteiger partial charge in [-0.15, -0.1) is 0 Å². The SMILES string of the molecule is O=C(CSC(=S)N1C[C@@H]2C[C@H](C1)c1cccc(=O)n1C2)Nc1ccc2c(c1)OCO2. The summed E-state index contributed by atoms with van der Waals surface area (Å²) in [5.74, 6) is 2.15. The first-order chi connectivity index (χ1) is 14.6. The zero-order valence-corrected chi connectivity index (χ0v) is 17.8. The van der Waals surface area contributed by atoms with Crippen LogP contribution in [0.2, 0.25) is 0 Å². The number of aromatic nitrogens is 1. The molecular weight excluding hydrogens is 422 g/mol. The maximum absolute atomic E-state index is 12.4. The molecule has 4 heterocycles. The number of anilines is 1. The molecule has 0 saturated carbocycles. The average molecular weight is 444 g/mol. The highest BCUT2D eigenvalue weighted by Gasteiger charge is 2.35. The van der Waals surface area contributed by atoms with Gasteiger partial charge < -0.3 is 24.3 Å². The van der Waals surface area contributed by atoms with E-state index < -0.39 is 0 Å². The van der Waals surface area contributed by atoms with Gasteiger partial charge in [0.05, 0.1) is 5.75 Å². The molecule has 0 radical (unpaired) electrons. The lowest BCUT2D eigenvalue weighted by atomic mass is 9.83. The largest absolute Gasteiger partial charge is 0.454 e. The van der Waals surface area contributed by atoms with Gasteiger partial charge in [-0.3, -0.25) is 9.59 Å². The van der Waals surface area contributed by atoms with Gasteiger partial charge in [-0.1, -0.05) is 30.0 Å². The quantitative estimate of drug-likeness (QED) is 0.731. The van der Waals surface area contributed by atoms with Crippen molar-refractivity contribution in [2.45, 2.75) is 18.9 Å². The normalized spacial score (nSPS) is 21.1. The molecule has 0 aliphatic carbocycles. The molecule has 3 aliphatic heterocycles. The monoisotopic (exact) mass is 443 g/mol. The molecule has 30 heavy (non-hydrogen) atoms. The van der Waals surface area contributed by atoms with Crippen LogP contribution >= 0.6 is 24.0 Å². The van der Waals surface area contributed by atoms with Crippen molar-refractivity contribution < 1.29 is 14.3 Å². The highest BCUT2D eigenvalue weighted by atomic mass is 32.2. The van der Waals surface area contributed by atoms with Gasteiger partial charge in [-0.05, 0) is 30.5 Å². The summed E-state index contributed by atoms with van der Waals surface area (Å²) in [7, 11) is 0. The molecule has 7 nitrogen and oxygen atoms in total. The van der Waals surface area contributed by atoms with E-state index in [-0.39, 0.29) is 24.0 Å². The Morgan fingerprint density at radius 1 is 1.17 bits per heavy atom. The Kier molecular flexibility index (Phi) is 5.16. The second-order valence-electron chi connectivity index (χ2n) is 7.77. The van der Waals surface area contributed by atoms with Crippen LogP contribution in [0.15, 0.2) is 41.2 Å². The number of ether oxygens (including phenoxy) is 2. The molecule has 2 atom stereocenters. The van der Waals surface area contributed by atoms with E-state index in [2.05, 4.69) is 10.2 Å². The fraction of sp³-hybridized carbons (Fsp3) is 0.381. The lowest BCUT2D eigenvalue weighted by Gasteiger charge is -2.43. The third-order valence-electron chi connectivity index (χ3n) is 5.72. The number of carbonyl (C=O) groups is 1. The van der Waals surface area contributed by atoms with E-state index in [0.29, 0.717) is 29.0 Å². The summed E-state index contributed by atoms with van der Waals surface area (Å²) in [6.07, 6.45) is 1.08. The highest BCUT2D eigenvalue weighted by molar-refractivity contribution is 8.23. The standard InChI is InChI=1S/C21H21N3O4S2/c25-19(22-15-4-5-17-18(7-15)28-12-27-17)11-30-21(29)23-8-13-6-14(10-23)16-2-1-3-20(26)24(16)9-13/h1-5,7,13-14H,6,8-12H2,(H,22,25)/t13-,14+/m0/s1. The molecule has 2 aromatic rings. The average Bonchev–Trinajstić information content (AvgIpc) is 3.20. The Bertz CT molecular complexity index is 1070. The Morgan fingerprint density at radius 2 is 2.03 bits per heavy atom. The molecule has 0 unspecified atom stereocenters. The van der Waals surface area contributed by atoms with Crippen LogP contribution < -0.4 is 20.3 Å². The second-order valence-corrected chi connectivity index (χ2v) is 9.38. The number of hydrogen-bond acceptors (Lipinski definition) is 6. The molecule has 0 spiro atoms. The van der Waals surface area contributed by atoms with Crippen molar-refractivity contribution in [3.05, 3.63) is 52.4 Å². The molecule has 1 saturated heterocycles. The number of thiocarbonyl (C=S) groups is 1. The van der Waals surface area contributed by atoms with Gasteiger partial charge in [0, 0.05) is 49.1 Å². The van der Waals surface area contributed by atoms with Crippen molar-refractivity contribution in [3.8, 4) is 11.5 Å². The zero-order chi connectivity index (χ0) is 20.7. The number of benzene rings is 1. The first kappa shape index (κ1) is 19.4. The number of hydrogen-bond donors (Lipinski definition) is 1. The summed E-state index contributed by atoms with van der Waals surface area (Å²) in [4.78, 5) is 26.7. The Balaban J connectivity index is 1.17. The van der Waals surface area contributed by atoms with Gasteiger partial charge >= 0.3 is 0 Å². The molecule has 2 bridgehead atoms. The summed E-state index contributed by atoms with van der Waals surface area (Å²) in [6.45, 7) is 2.55. The van der Waals surface area contributed by atoms with Crippen molar-refractivity contribution in [2.75, 3.05) is 31.0 Å². The van der Waals surface area contributed by atoms with Crippen LogP contribution in [0, 0.1) is 5.92 Å². The first-order valence-corrected chi connectivity index (χ1v) is 11.3. The lowest BCUT2D eigenvalue weighted by Crippen LogP contribution is -2.48. The number of nitrogens with one attached hydrogen (secondary N) is 1. The fourth-order valence-corrected chi connectivity index (χ4v) is 5.42. The molecule has 1 amide bonds. The third-order valence-corrected chi connectivity index (χ3v) is 7.24. The number of nitrogens with zero attached hydrogens (tertiary/aromatic N) is 2. The number of pyridine rings is 1. The van der Waals surface area contributed by atoms with Crippen molar-refractivity contribution in [1.29, 1.82) is 0 Å². The molecule has 1 N–H and O–H groups in total. The maximum Gasteiger partial charge on any atom is 0.250 e. The zero-order valence-electron chi connectivity index (χ0n) is 16.2. The Hall–Kier alpha value is -2.52. The van der Waals surface area contributed by atoms with Crippen LogP contribution in [0.3, 0.4) is 0 Å². The van der Waals surface area contributed by atoms with Gasteiger partial charge in [0.2, 0.25) is 12.7 Å². The van der Waals surface area contributed by atoms with Crippen LogP contribution in [0.1, 0.15) is 18.0 Å². The fourth-order valence-electron chi connectivity index (χ4n) is 4.44. The maximum atomic E-state index is 12.4. The number of amides is 1. The Morgan fingerprint density at radius 3 is 2.93 bits per heavy atom. The molecule has 3 aliphatic rings. The van der Waals surface area contributed by atoms with E-state index in [4.69, 9.17) is 21.7 Å². The van der Waals surface area contributed by atoms with Gasteiger partial charge in [-0.2, -0.15) is 0 Å². The minimum atomic E-state index is -0.115. The molecule has 1 aromatic carbocycles. The topological polar surface area (TPSA) is 72.8 Å². The van der Waals surface area contributed by atoms with E-state index >= 15 is 0 Å². The van der Waals surface area contributed by atoms with E-state index in [1.807, 2.05) is 16.7 Å². The predicted octanol–water partition coefficient (Wildman–Crippen LogP) is 2.65. The minimum Gasteiger partial charge on any atom is -0.454 e. The van der Waals surface area contributed by atoms with Gasteiger partial charge in [-0.25, -0.2) is 0 Å². The molecule has 1 fully saturated rings. The number of carbonyl (C=O) groups excluding carboxylic acids is 1. The van der Waals surface area contributed by atoms with Crippen LogP contribution in [-0.4, -0.2) is 45.3 Å². The summed E-state index contributed by atoms with van der Waals surface area (Å²) in [6, 6.07) is 10.8. The predicted molar refractivity (Wildman–Crippen MR) is 119 cm³/mol. The van der Waals surface area contributed by atoms with Gasteiger partial charge in [0.15, 0.2) is 11.5 Å². The van der Waals surface area contributed by atoms with Crippen LogP contribution in [0.25, 0.3) is 0 Å². The summed E-state index contributed by atoms with van der Waals surface area (Å²) in [5.41, 5.74) is 1.84. The number of fused-ring (bicyclic) bond motifs is 5. The number of piperidine rings is 1. The van der Waals surface area contributed by atoms with Crippen molar-refractivity contribution in [3.63, 3.8) is 0 Å². The molecule has 9 heteroatoms. The summed E-state index contributed by atoms with van der Waals surface area (Å²) < 4.78 is 13.3. The van der Waals surface area contributed by atoms with Crippen molar-refractivity contribution >= 4 is 39.9 Å². The minimum absolute atomic E-state index is 0.0767. The van der Waals surface area contributed by atoms with Gasteiger partial charge in [0.1, 0.15) is 4.32 Å². The number of thioether (sulfide) groups is 1. The smallest absolute Gasteiger partial charge is 0.250 e. The van der Waals surface area contributed by atoms with Crippen LogP contribution in [0.5, 0.6) is 11.5 Å². The van der Waals surface area contributed by atoms with Crippen molar-refractivity contribution in [1.82, 2.24) is 9.47 Å². The van der Waals surface area contributed by atoms with Crippen LogP contribution in [-0.2, 0) is 11.3 Å². The van der Waals surface area contributed by atoms with Gasteiger partial charge in [0.25, 0.3) is 5.56 Å². The summed E-state index contributed by atoms with van der Waals surface area (Å²) in [5, 5.41) is 2.88. The molecule has 156 valence electrons. The van der Waals surface area contributed by atoms with Crippen LogP contribution in [0.4, 0.5) is 5.69 Å². The van der Waals surface area contributed by atoms with E-state index in [1.165, 1.54) is 11.8 Å². The summed E-state index contributed by atoms with van der Waals surface area (Å²) >= 11 is 7.01. The second kappa shape index (κ2) is 7.96.